The van der Waals surface area contributed by atoms with Crippen molar-refractivity contribution in [2.45, 2.75) is 16.7 Å². The zero-order chi connectivity index (χ0) is 17.7. The van der Waals surface area contributed by atoms with Crippen molar-refractivity contribution in [3.63, 3.8) is 0 Å². The van der Waals surface area contributed by atoms with Gasteiger partial charge in [0.25, 0.3) is 20.2 Å². The maximum Gasteiger partial charge on any atom is 0.295 e. The molecule has 0 aliphatic heterocycles. The maximum atomic E-state index is 11.7. The number of fused-ring (bicyclic) bond motifs is 1. The molecule has 0 aliphatic carbocycles. The highest BCUT2D eigenvalue weighted by molar-refractivity contribution is 7.86. The van der Waals surface area contributed by atoms with Crippen molar-refractivity contribution in [2.24, 2.45) is 0 Å². The summed E-state index contributed by atoms with van der Waals surface area (Å²) in [7, 11) is -9.63. The van der Waals surface area contributed by atoms with Gasteiger partial charge in [0.15, 0.2) is 5.78 Å². The topological polar surface area (TPSA) is 172 Å². The van der Waals surface area contributed by atoms with Gasteiger partial charge in [-0.2, -0.15) is 16.8 Å². The highest BCUT2D eigenvalue weighted by atomic mass is 32.2. The van der Waals surface area contributed by atoms with Crippen LogP contribution < -0.4 is 5.73 Å². The Bertz CT molecular complexity index is 1050. The molecule has 0 amide bonds. The van der Waals surface area contributed by atoms with Gasteiger partial charge in [-0.1, -0.05) is 0 Å². The van der Waals surface area contributed by atoms with Gasteiger partial charge in [-0.3, -0.25) is 13.9 Å². The lowest BCUT2D eigenvalue weighted by atomic mass is 9.99. The van der Waals surface area contributed by atoms with Crippen LogP contribution in [0.15, 0.2) is 28.0 Å². The molecule has 0 saturated carbocycles. The first-order valence-electron chi connectivity index (χ1n) is 5.89. The fourth-order valence-electron chi connectivity index (χ4n) is 2.24. The van der Waals surface area contributed by atoms with Gasteiger partial charge in [0, 0.05) is 22.5 Å². The van der Waals surface area contributed by atoms with Gasteiger partial charge in [-0.05, 0) is 19.1 Å². The Morgan fingerprint density at radius 1 is 1.04 bits per heavy atom. The smallest absolute Gasteiger partial charge is 0.295 e. The molecule has 0 radical (unpaired) electrons. The number of anilines is 1. The van der Waals surface area contributed by atoms with Crippen LogP contribution in [0, 0.1) is 0 Å². The van der Waals surface area contributed by atoms with Crippen LogP contribution in [0.4, 0.5) is 5.69 Å². The summed E-state index contributed by atoms with van der Waals surface area (Å²) in [6, 6.07) is 2.11. The molecule has 2 aromatic rings. The quantitative estimate of drug-likeness (QED) is 0.351. The molecule has 0 aliphatic rings. The van der Waals surface area contributed by atoms with E-state index in [0.717, 1.165) is 13.0 Å². The third-order valence-corrected chi connectivity index (χ3v) is 4.83. The van der Waals surface area contributed by atoms with E-state index in [-0.39, 0.29) is 16.6 Å². The number of ketones is 1. The van der Waals surface area contributed by atoms with Crippen LogP contribution in [0.25, 0.3) is 10.8 Å². The molecular formula is C12H11NO8S2. The lowest BCUT2D eigenvalue weighted by Crippen LogP contribution is -2.08. The molecule has 0 bridgehead atoms. The van der Waals surface area contributed by atoms with E-state index < -0.39 is 46.9 Å². The van der Waals surface area contributed by atoms with Crippen LogP contribution in [0.1, 0.15) is 17.3 Å². The van der Waals surface area contributed by atoms with Crippen LogP contribution in [0.2, 0.25) is 0 Å². The van der Waals surface area contributed by atoms with Crippen molar-refractivity contribution < 1.29 is 35.8 Å². The highest BCUT2D eigenvalue weighted by Crippen LogP contribution is 2.38. The molecule has 0 saturated heterocycles. The minimum atomic E-state index is -4.85. The van der Waals surface area contributed by atoms with Gasteiger partial charge in [-0.25, -0.2) is 0 Å². The number of Topliss-reactive ketones (excluding diaryl/α,β-unsaturated/α-hetero) is 1. The summed E-state index contributed by atoms with van der Waals surface area (Å²) in [4.78, 5) is 10.1. The van der Waals surface area contributed by atoms with E-state index in [9.17, 15) is 31.3 Å². The van der Waals surface area contributed by atoms with Gasteiger partial charge in [0.1, 0.15) is 10.6 Å². The molecule has 2 aromatic carbocycles. The monoisotopic (exact) mass is 361 g/mol. The Labute approximate surface area is 130 Å². The SMILES string of the molecule is CC(=O)c1c(N)cc(S(=O)(=O)O)c2cc(S(=O)(=O)O)cc(O)c12. The number of phenolic OH excluding ortho intramolecular Hbond substituents is 1. The predicted molar refractivity (Wildman–Crippen MR) is 79.7 cm³/mol. The Hall–Kier alpha value is -2.21. The number of carbonyl (C=O) groups excluding carboxylic acids is 1. The second kappa shape index (κ2) is 5.16. The van der Waals surface area contributed by atoms with Gasteiger partial charge in [0.05, 0.1) is 10.5 Å². The number of carbonyl (C=O) groups is 1. The van der Waals surface area contributed by atoms with Crippen molar-refractivity contribution in [3.05, 3.63) is 23.8 Å². The van der Waals surface area contributed by atoms with E-state index >= 15 is 0 Å². The normalized spacial score (nSPS) is 12.5. The summed E-state index contributed by atoms with van der Waals surface area (Å²) in [6.07, 6.45) is 0. The first-order valence-corrected chi connectivity index (χ1v) is 8.77. The van der Waals surface area contributed by atoms with Gasteiger partial charge >= 0.3 is 0 Å². The number of nitrogen functional groups attached to an aromatic ring is 1. The summed E-state index contributed by atoms with van der Waals surface area (Å²) >= 11 is 0. The van der Waals surface area contributed by atoms with E-state index in [4.69, 9.17) is 10.3 Å². The Kier molecular flexibility index (Phi) is 3.85. The molecule has 0 unspecified atom stereocenters. The third kappa shape index (κ3) is 2.99. The number of nitrogens with two attached hydrogens (primary N) is 1. The van der Waals surface area contributed by atoms with Crippen molar-refractivity contribution in [1.29, 1.82) is 0 Å². The van der Waals surface area contributed by atoms with Crippen molar-refractivity contribution >= 4 is 42.5 Å². The number of benzene rings is 2. The summed E-state index contributed by atoms with van der Waals surface area (Å²) in [5.41, 5.74) is 5.03. The standard InChI is InChI=1S/C12H11NO8S2/c1-5(14)11-8(13)4-10(23(19,20)21)7-2-6(22(16,17)18)3-9(15)12(7)11/h2-4,15H,13H2,1H3,(H,16,17,18)(H,19,20,21). The minimum absolute atomic E-state index is 0.244. The van der Waals surface area contributed by atoms with Gasteiger partial charge in [0.2, 0.25) is 0 Å². The number of rotatable bonds is 3. The molecule has 0 heterocycles. The van der Waals surface area contributed by atoms with E-state index in [2.05, 4.69) is 0 Å². The molecule has 0 aromatic heterocycles. The molecular weight excluding hydrogens is 350 g/mol. The molecule has 9 nitrogen and oxygen atoms in total. The second-order valence-corrected chi connectivity index (χ2v) is 7.52. The summed E-state index contributed by atoms with van der Waals surface area (Å²) in [6.45, 7) is 1.11. The van der Waals surface area contributed by atoms with E-state index in [1.54, 1.807) is 0 Å². The van der Waals surface area contributed by atoms with Crippen LogP contribution in [-0.4, -0.2) is 36.8 Å². The molecule has 0 fully saturated rings. The maximum absolute atomic E-state index is 11.7. The fraction of sp³-hybridized carbons (Fsp3) is 0.0833. The summed E-state index contributed by atoms with van der Waals surface area (Å²) < 4.78 is 63.7. The van der Waals surface area contributed by atoms with E-state index in [0.29, 0.717) is 12.1 Å². The lowest BCUT2D eigenvalue weighted by Gasteiger charge is -2.13. The first kappa shape index (κ1) is 17.1. The molecule has 124 valence electrons. The number of hydrogen-bond donors (Lipinski definition) is 4. The summed E-state index contributed by atoms with van der Waals surface area (Å²) in [5, 5.41) is 9.18. The van der Waals surface area contributed by atoms with E-state index in [1.165, 1.54) is 0 Å². The first-order chi connectivity index (χ1) is 10.3. The average molecular weight is 361 g/mol. The van der Waals surface area contributed by atoms with Crippen LogP contribution >= 0.6 is 0 Å². The molecule has 0 spiro atoms. The number of aromatic hydroxyl groups is 1. The van der Waals surface area contributed by atoms with Crippen LogP contribution in [0.3, 0.4) is 0 Å². The van der Waals surface area contributed by atoms with Crippen molar-refractivity contribution in [1.82, 2.24) is 0 Å². The van der Waals surface area contributed by atoms with Crippen LogP contribution in [0.5, 0.6) is 5.75 Å². The van der Waals surface area contributed by atoms with Crippen LogP contribution in [-0.2, 0) is 20.2 Å². The Balaban J connectivity index is 3.20. The van der Waals surface area contributed by atoms with Crippen molar-refractivity contribution in [2.75, 3.05) is 5.73 Å². The fourth-order valence-corrected chi connectivity index (χ4v) is 3.48. The average Bonchev–Trinajstić information content (AvgIpc) is 2.35. The molecule has 11 heteroatoms. The largest absolute Gasteiger partial charge is 0.507 e. The lowest BCUT2D eigenvalue weighted by molar-refractivity contribution is 0.101. The summed E-state index contributed by atoms with van der Waals surface area (Å²) in [5.74, 6) is -1.41. The highest BCUT2D eigenvalue weighted by Gasteiger charge is 2.25. The Morgan fingerprint density at radius 2 is 1.61 bits per heavy atom. The zero-order valence-electron chi connectivity index (χ0n) is 11.5. The number of phenols is 1. The molecule has 5 N–H and O–H groups in total. The van der Waals surface area contributed by atoms with Crippen molar-refractivity contribution in [3.8, 4) is 5.75 Å². The van der Waals surface area contributed by atoms with Gasteiger partial charge < -0.3 is 10.8 Å². The molecule has 23 heavy (non-hydrogen) atoms. The third-order valence-electron chi connectivity index (χ3n) is 3.11. The molecule has 2 rings (SSSR count). The molecule has 0 atom stereocenters. The predicted octanol–water partition coefficient (Wildman–Crippen LogP) is 0.824. The zero-order valence-corrected chi connectivity index (χ0v) is 13.1. The Morgan fingerprint density at radius 3 is 2.04 bits per heavy atom. The minimum Gasteiger partial charge on any atom is -0.507 e. The second-order valence-electron chi connectivity index (χ2n) is 4.71. The van der Waals surface area contributed by atoms with Gasteiger partial charge in [-0.15, -0.1) is 0 Å². The van der Waals surface area contributed by atoms with E-state index in [1.807, 2.05) is 0 Å². The number of hydrogen-bond acceptors (Lipinski definition) is 7.